The molecule has 0 spiro atoms. The zero-order chi connectivity index (χ0) is 18.5. The molecular weight excluding hydrogens is 346 g/mol. The minimum atomic E-state index is -0.0136. The summed E-state index contributed by atoms with van der Waals surface area (Å²) in [4.78, 5) is 27.7. The fourth-order valence-corrected chi connectivity index (χ4v) is 3.95. The van der Waals surface area contributed by atoms with E-state index in [4.69, 9.17) is 0 Å². The van der Waals surface area contributed by atoms with Crippen molar-refractivity contribution in [3.8, 4) is 0 Å². The molecule has 0 aliphatic carbocycles. The Morgan fingerprint density at radius 2 is 1.73 bits per heavy atom. The first-order valence-electron chi connectivity index (χ1n) is 8.97. The lowest BCUT2D eigenvalue weighted by molar-refractivity contribution is -0.118. The maximum Gasteiger partial charge on any atom is 0.238 e. The Labute approximate surface area is 158 Å². The van der Waals surface area contributed by atoms with Crippen molar-refractivity contribution in [2.24, 2.45) is 5.92 Å². The number of benzene rings is 1. The van der Waals surface area contributed by atoms with Crippen LogP contribution in [0.15, 0.2) is 35.7 Å². The smallest absolute Gasteiger partial charge is 0.238 e. The molecule has 0 fully saturated rings. The summed E-state index contributed by atoms with van der Waals surface area (Å²) in [5.41, 5.74) is 2.83. The highest BCUT2D eigenvalue weighted by Crippen LogP contribution is 2.23. The monoisotopic (exact) mass is 371 g/mol. The summed E-state index contributed by atoms with van der Waals surface area (Å²) in [5.74, 6) is 0.323. The molecule has 2 N–H and O–H groups in total. The second-order valence-corrected chi connectivity index (χ2v) is 8.10. The molecule has 1 aliphatic heterocycles. The zero-order valence-corrected chi connectivity index (χ0v) is 16.1. The van der Waals surface area contributed by atoms with E-state index in [1.54, 1.807) is 11.3 Å². The SMILES string of the molecule is CC(C)CC(=O)Nc1ccc(NC(=O)CN2CCc3sccc3C2)cc1. The van der Waals surface area contributed by atoms with Gasteiger partial charge in [-0.15, -0.1) is 11.3 Å². The molecule has 2 aromatic rings. The Hall–Kier alpha value is -2.18. The number of hydrogen-bond acceptors (Lipinski definition) is 4. The summed E-state index contributed by atoms with van der Waals surface area (Å²) >= 11 is 1.80. The molecule has 6 heteroatoms. The van der Waals surface area contributed by atoms with Gasteiger partial charge in [0.2, 0.25) is 11.8 Å². The molecular formula is C20H25N3O2S. The van der Waals surface area contributed by atoms with Gasteiger partial charge in [0.05, 0.1) is 6.54 Å². The number of nitrogens with one attached hydrogen (secondary N) is 2. The van der Waals surface area contributed by atoms with Crippen molar-refractivity contribution in [1.29, 1.82) is 0 Å². The summed E-state index contributed by atoms with van der Waals surface area (Å²) in [7, 11) is 0. The molecule has 2 amide bonds. The van der Waals surface area contributed by atoms with Crippen LogP contribution in [0.25, 0.3) is 0 Å². The van der Waals surface area contributed by atoms with Gasteiger partial charge in [0.25, 0.3) is 0 Å². The van der Waals surface area contributed by atoms with Crippen molar-refractivity contribution in [3.05, 3.63) is 46.2 Å². The third-order valence-corrected chi connectivity index (χ3v) is 5.32. The van der Waals surface area contributed by atoms with E-state index in [0.29, 0.717) is 18.9 Å². The largest absolute Gasteiger partial charge is 0.326 e. The van der Waals surface area contributed by atoms with Crippen LogP contribution in [0, 0.1) is 5.92 Å². The lowest BCUT2D eigenvalue weighted by Crippen LogP contribution is -2.36. The summed E-state index contributed by atoms with van der Waals surface area (Å²) in [6.45, 7) is 6.18. The van der Waals surface area contributed by atoms with E-state index in [1.807, 2.05) is 38.1 Å². The van der Waals surface area contributed by atoms with Gasteiger partial charge >= 0.3 is 0 Å². The van der Waals surface area contributed by atoms with E-state index in [1.165, 1.54) is 10.4 Å². The molecule has 3 rings (SSSR count). The molecule has 1 aromatic carbocycles. The normalized spacial score (nSPS) is 14.1. The number of hydrogen-bond donors (Lipinski definition) is 2. The lowest BCUT2D eigenvalue weighted by Gasteiger charge is -2.26. The van der Waals surface area contributed by atoms with Crippen LogP contribution >= 0.6 is 11.3 Å². The third-order valence-electron chi connectivity index (χ3n) is 4.30. The molecule has 26 heavy (non-hydrogen) atoms. The minimum absolute atomic E-state index is 0.00897. The second kappa shape index (κ2) is 8.47. The minimum Gasteiger partial charge on any atom is -0.326 e. The van der Waals surface area contributed by atoms with Crippen LogP contribution in [-0.4, -0.2) is 29.8 Å². The van der Waals surface area contributed by atoms with Gasteiger partial charge in [-0.25, -0.2) is 0 Å². The van der Waals surface area contributed by atoms with Crippen molar-refractivity contribution in [2.75, 3.05) is 23.7 Å². The summed E-state index contributed by atoms with van der Waals surface area (Å²) in [6, 6.07) is 9.40. The Balaban J connectivity index is 1.48. The lowest BCUT2D eigenvalue weighted by atomic mass is 10.1. The number of amides is 2. The van der Waals surface area contributed by atoms with Gasteiger partial charge in [-0.05, 0) is 53.6 Å². The second-order valence-electron chi connectivity index (χ2n) is 7.10. The Kier molecular flexibility index (Phi) is 6.06. The summed E-state index contributed by atoms with van der Waals surface area (Å²) in [5, 5.41) is 7.92. The topological polar surface area (TPSA) is 61.4 Å². The molecule has 138 valence electrons. The quantitative estimate of drug-likeness (QED) is 0.813. The number of nitrogens with zero attached hydrogens (tertiary/aromatic N) is 1. The van der Waals surface area contributed by atoms with Gasteiger partial charge in [0.1, 0.15) is 0 Å². The van der Waals surface area contributed by atoms with Crippen LogP contribution in [-0.2, 0) is 22.6 Å². The molecule has 5 nitrogen and oxygen atoms in total. The van der Waals surface area contributed by atoms with Crippen LogP contribution in [0.1, 0.15) is 30.7 Å². The Morgan fingerprint density at radius 1 is 1.08 bits per heavy atom. The van der Waals surface area contributed by atoms with E-state index >= 15 is 0 Å². The van der Waals surface area contributed by atoms with Crippen molar-refractivity contribution in [3.63, 3.8) is 0 Å². The zero-order valence-electron chi connectivity index (χ0n) is 15.2. The first-order chi connectivity index (χ1) is 12.5. The molecule has 2 heterocycles. The van der Waals surface area contributed by atoms with Crippen molar-refractivity contribution >= 4 is 34.5 Å². The molecule has 0 unspecified atom stereocenters. The van der Waals surface area contributed by atoms with E-state index in [0.717, 1.165) is 30.9 Å². The molecule has 0 saturated carbocycles. The highest BCUT2D eigenvalue weighted by molar-refractivity contribution is 7.10. The summed E-state index contributed by atoms with van der Waals surface area (Å²) < 4.78 is 0. The van der Waals surface area contributed by atoms with E-state index < -0.39 is 0 Å². The van der Waals surface area contributed by atoms with Gasteiger partial charge in [-0.1, -0.05) is 13.8 Å². The number of carbonyl (C=O) groups is 2. The average molecular weight is 372 g/mol. The van der Waals surface area contributed by atoms with Crippen molar-refractivity contribution < 1.29 is 9.59 Å². The van der Waals surface area contributed by atoms with Crippen molar-refractivity contribution in [2.45, 2.75) is 33.2 Å². The maximum atomic E-state index is 12.3. The van der Waals surface area contributed by atoms with Gasteiger partial charge in [-0.3, -0.25) is 14.5 Å². The van der Waals surface area contributed by atoms with Gasteiger partial charge in [0, 0.05) is 35.8 Å². The predicted octanol–water partition coefficient (Wildman–Crippen LogP) is 3.73. The Bertz CT molecular complexity index is 768. The molecule has 0 radical (unpaired) electrons. The number of carbonyl (C=O) groups excluding carboxylic acids is 2. The van der Waals surface area contributed by atoms with Crippen LogP contribution < -0.4 is 10.6 Å². The van der Waals surface area contributed by atoms with Crippen molar-refractivity contribution in [1.82, 2.24) is 4.90 Å². The standard InChI is InChI=1S/C20H25N3O2S/c1-14(2)11-19(24)21-16-3-5-17(6-4-16)22-20(25)13-23-9-7-18-15(12-23)8-10-26-18/h3-6,8,10,14H,7,9,11-13H2,1-2H3,(H,21,24)(H,22,25). The maximum absolute atomic E-state index is 12.3. The van der Waals surface area contributed by atoms with E-state index in [-0.39, 0.29) is 11.8 Å². The molecule has 1 aromatic heterocycles. The fourth-order valence-electron chi connectivity index (χ4n) is 3.07. The van der Waals surface area contributed by atoms with Crippen LogP contribution in [0.3, 0.4) is 0 Å². The predicted molar refractivity (Wildman–Crippen MR) is 106 cm³/mol. The van der Waals surface area contributed by atoms with Crippen LogP contribution in [0.4, 0.5) is 11.4 Å². The van der Waals surface area contributed by atoms with E-state index in [9.17, 15) is 9.59 Å². The molecule has 1 aliphatic rings. The van der Waals surface area contributed by atoms with Gasteiger partial charge in [-0.2, -0.15) is 0 Å². The highest BCUT2D eigenvalue weighted by Gasteiger charge is 2.19. The number of anilines is 2. The molecule has 0 atom stereocenters. The molecule has 0 bridgehead atoms. The first-order valence-corrected chi connectivity index (χ1v) is 9.85. The highest BCUT2D eigenvalue weighted by atomic mass is 32.1. The number of thiophene rings is 1. The van der Waals surface area contributed by atoms with Gasteiger partial charge < -0.3 is 10.6 Å². The Morgan fingerprint density at radius 3 is 2.38 bits per heavy atom. The van der Waals surface area contributed by atoms with Gasteiger partial charge in [0.15, 0.2) is 0 Å². The number of fused-ring (bicyclic) bond motifs is 1. The van der Waals surface area contributed by atoms with E-state index in [2.05, 4.69) is 27.0 Å². The number of rotatable bonds is 6. The molecule has 0 saturated heterocycles. The summed E-state index contributed by atoms with van der Waals surface area (Å²) in [6.07, 6.45) is 1.52. The third kappa shape index (κ3) is 5.16. The first kappa shape index (κ1) is 18.6. The fraction of sp³-hybridized carbons (Fsp3) is 0.400. The average Bonchev–Trinajstić information content (AvgIpc) is 3.03. The van der Waals surface area contributed by atoms with Crippen LogP contribution in [0.2, 0.25) is 0 Å². The van der Waals surface area contributed by atoms with Crippen LogP contribution in [0.5, 0.6) is 0 Å².